The number of nitrogens with zero attached hydrogens (tertiary/aromatic N) is 5. The summed E-state index contributed by atoms with van der Waals surface area (Å²) in [6.45, 7) is 6.68. The highest BCUT2D eigenvalue weighted by Gasteiger charge is 2.15. The van der Waals surface area contributed by atoms with Gasteiger partial charge in [0.15, 0.2) is 0 Å². The average molecular weight is 567 g/mol. The van der Waals surface area contributed by atoms with E-state index in [1.165, 1.54) is 22.0 Å². The highest BCUT2D eigenvalue weighted by atomic mass is 16.1. The molecule has 1 fully saturated rings. The topological polar surface area (TPSA) is 66.3 Å². The molecule has 7 rings (SSSR count). The van der Waals surface area contributed by atoms with Crippen LogP contribution >= 0.6 is 0 Å². The minimum absolute atomic E-state index is 0.0610. The molecular weight excluding hydrogens is 532 g/mol. The molecule has 3 heterocycles. The summed E-state index contributed by atoms with van der Waals surface area (Å²) >= 11 is 0. The van der Waals surface area contributed by atoms with Gasteiger partial charge in [-0.1, -0.05) is 66.7 Å². The first kappa shape index (κ1) is 26.9. The smallest absolute Gasteiger partial charge is 0.260 e. The Balaban J connectivity index is 1.16. The molecular formula is C36H34N6O. The fourth-order valence-corrected chi connectivity index (χ4v) is 5.98. The predicted molar refractivity (Wildman–Crippen MR) is 177 cm³/mol. The fourth-order valence-electron chi connectivity index (χ4n) is 5.98. The molecule has 0 radical (unpaired) electrons. The van der Waals surface area contributed by atoms with Crippen molar-refractivity contribution in [1.29, 1.82) is 0 Å². The number of anilines is 3. The first-order valence-electron chi connectivity index (χ1n) is 14.9. The Hall–Kier alpha value is -5.01. The van der Waals surface area contributed by atoms with Gasteiger partial charge in [0.05, 0.1) is 0 Å². The molecule has 2 aromatic heterocycles. The number of aryl methyl sites for hydroxylation is 1. The average Bonchev–Trinajstić information content (AvgIpc) is 3.05. The summed E-state index contributed by atoms with van der Waals surface area (Å²) in [5, 5.41) is 6.57. The van der Waals surface area contributed by atoms with E-state index in [1.807, 2.05) is 25.1 Å². The molecule has 7 heteroatoms. The minimum Gasteiger partial charge on any atom is -0.369 e. The predicted octanol–water partition coefficient (Wildman–Crippen LogP) is 6.79. The van der Waals surface area contributed by atoms with E-state index in [-0.39, 0.29) is 5.56 Å². The molecule has 0 aliphatic carbocycles. The molecule has 1 N–H and O–H groups in total. The second kappa shape index (κ2) is 11.3. The van der Waals surface area contributed by atoms with E-state index in [0.29, 0.717) is 23.7 Å². The zero-order chi connectivity index (χ0) is 29.3. The summed E-state index contributed by atoms with van der Waals surface area (Å²) in [6, 6.07) is 33.3. The molecule has 0 spiro atoms. The van der Waals surface area contributed by atoms with Gasteiger partial charge in [-0.05, 0) is 71.8 Å². The van der Waals surface area contributed by atoms with Crippen molar-refractivity contribution in [3.63, 3.8) is 0 Å². The zero-order valence-electron chi connectivity index (χ0n) is 24.5. The van der Waals surface area contributed by atoms with Crippen LogP contribution in [0, 0.1) is 0 Å². The van der Waals surface area contributed by atoms with Crippen molar-refractivity contribution in [1.82, 2.24) is 19.4 Å². The summed E-state index contributed by atoms with van der Waals surface area (Å²) < 4.78 is 1.73. The first-order chi connectivity index (χ1) is 21.1. The largest absolute Gasteiger partial charge is 0.369 e. The maximum atomic E-state index is 13.7. The van der Waals surface area contributed by atoms with E-state index in [0.717, 1.165) is 48.4 Å². The maximum absolute atomic E-state index is 13.7. The van der Waals surface area contributed by atoms with Gasteiger partial charge >= 0.3 is 0 Å². The van der Waals surface area contributed by atoms with Crippen LogP contribution in [0.5, 0.6) is 0 Å². The van der Waals surface area contributed by atoms with Crippen LogP contribution in [0.3, 0.4) is 0 Å². The van der Waals surface area contributed by atoms with Gasteiger partial charge in [-0.2, -0.15) is 4.98 Å². The van der Waals surface area contributed by atoms with E-state index in [9.17, 15) is 4.79 Å². The Morgan fingerprint density at radius 3 is 2.21 bits per heavy atom. The van der Waals surface area contributed by atoms with Crippen molar-refractivity contribution in [2.45, 2.75) is 13.5 Å². The number of hydrogen-bond donors (Lipinski definition) is 1. The van der Waals surface area contributed by atoms with Gasteiger partial charge in [-0.15, -0.1) is 0 Å². The number of benzene rings is 4. The van der Waals surface area contributed by atoms with E-state index < -0.39 is 0 Å². The molecule has 1 aliphatic heterocycles. The SMILES string of the molecule is CCn1c(=O)c(-c2ccc(-c3cccc4ccccc34)cc2)cc2cnc(Nc3ccc(N4CCN(C)CC4)cc3)nc21. The van der Waals surface area contributed by atoms with Crippen LogP contribution in [0.4, 0.5) is 17.3 Å². The van der Waals surface area contributed by atoms with Crippen LogP contribution in [0.1, 0.15) is 6.92 Å². The number of piperazine rings is 1. The standard InChI is InChI=1S/C36H34N6O/c1-3-42-34-28(24-37-36(39-34)38-29-15-17-30(18-16-29)41-21-19-40(2)20-22-41)23-33(35(42)43)27-13-11-26(12-14-27)32-10-6-8-25-7-4-5-9-31(25)32/h4-18,23-24H,3,19-22H2,1-2H3,(H,37,38,39). The molecule has 0 bridgehead atoms. The molecule has 0 unspecified atom stereocenters. The minimum atomic E-state index is -0.0610. The molecule has 7 nitrogen and oxygen atoms in total. The van der Waals surface area contributed by atoms with Gasteiger partial charge in [-0.3, -0.25) is 9.36 Å². The van der Waals surface area contributed by atoms with Crippen LogP contribution in [0.2, 0.25) is 0 Å². The Morgan fingerprint density at radius 1 is 0.767 bits per heavy atom. The number of pyridine rings is 1. The lowest BCUT2D eigenvalue weighted by atomic mass is 9.96. The highest BCUT2D eigenvalue weighted by molar-refractivity contribution is 5.97. The molecule has 214 valence electrons. The summed E-state index contributed by atoms with van der Waals surface area (Å²) in [5.41, 5.74) is 6.50. The Bertz CT molecular complexity index is 1970. The van der Waals surface area contributed by atoms with Gasteiger partial charge < -0.3 is 15.1 Å². The summed E-state index contributed by atoms with van der Waals surface area (Å²) in [5.74, 6) is 0.466. The van der Waals surface area contributed by atoms with Crippen LogP contribution in [0.25, 0.3) is 44.1 Å². The van der Waals surface area contributed by atoms with E-state index in [4.69, 9.17) is 4.98 Å². The number of rotatable bonds is 6. The Kier molecular flexibility index (Phi) is 7.09. The zero-order valence-corrected chi connectivity index (χ0v) is 24.5. The molecule has 0 atom stereocenters. The van der Waals surface area contributed by atoms with Crippen LogP contribution < -0.4 is 15.8 Å². The monoisotopic (exact) mass is 566 g/mol. The lowest BCUT2D eigenvalue weighted by molar-refractivity contribution is 0.313. The van der Waals surface area contributed by atoms with Crippen LogP contribution in [-0.4, -0.2) is 52.7 Å². The lowest BCUT2D eigenvalue weighted by Crippen LogP contribution is -2.44. The van der Waals surface area contributed by atoms with E-state index >= 15 is 0 Å². The van der Waals surface area contributed by atoms with Crippen molar-refractivity contribution < 1.29 is 0 Å². The third kappa shape index (κ3) is 5.24. The van der Waals surface area contributed by atoms with Crippen molar-refractivity contribution in [2.75, 3.05) is 43.4 Å². The Morgan fingerprint density at radius 2 is 1.47 bits per heavy atom. The summed E-state index contributed by atoms with van der Waals surface area (Å²) in [4.78, 5) is 27.8. The third-order valence-corrected chi connectivity index (χ3v) is 8.43. The highest BCUT2D eigenvalue weighted by Crippen LogP contribution is 2.31. The summed E-state index contributed by atoms with van der Waals surface area (Å²) in [7, 11) is 2.16. The quantitative estimate of drug-likeness (QED) is 0.239. The molecule has 1 saturated heterocycles. The molecule has 1 aliphatic rings. The van der Waals surface area contributed by atoms with E-state index in [2.05, 4.69) is 106 Å². The maximum Gasteiger partial charge on any atom is 0.260 e. The number of likely N-dealkylation sites (N-methyl/N-ethyl adjacent to an activating group) is 1. The number of nitrogens with one attached hydrogen (secondary N) is 1. The van der Waals surface area contributed by atoms with Gasteiger partial charge in [0, 0.05) is 61.2 Å². The van der Waals surface area contributed by atoms with Crippen molar-refractivity contribution in [2.24, 2.45) is 0 Å². The number of aromatic nitrogens is 3. The van der Waals surface area contributed by atoms with Gasteiger partial charge in [0.1, 0.15) is 5.65 Å². The number of fused-ring (bicyclic) bond motifs is 2. The lowest BCUT2D eigenvalue weighted by Gasteiger charge is -2.34. The fraction of sp³-hybridized carbons (Fsp3) is 0.194. The molecule has 43 heavy (non-hydrogen) atoms. The Labute approximate surface area is 251 Å². The first-order valence-corrected chi connectivity index (χ1v) is 14.9. The van der Waals surface area contributed by atoms with Crippen LogP contribution in [-0.2, 0) is 6.54 Å². The molecule has 4 aromatic carbocycles. The van der Waals surface area contributed by atoms with Crippen molar-refractivity contribution in [3.05, 3.63) is 114 Å². The molecule has 6 aromatic rings. The van der Waals surface area contributed by atoms with Crippen molar-refractivity contribution >= 4 is 39.1 Å². The van der Waals surface area contributed by atoms with Gasteiger partial charge in [0.2, 0.25) is 5.95 Å². The second-order valence-corrected chi connectivity index (χ2v) is 11.1. The third-order valence-electron chi connectivity index (χ3n) is 8.43. The van der Waals surface area contributed by atoms with Crippen LogP contribution in [0.15, 0.2) is 108 Å². The second-order valence-electron chi connectivity index (χ2n) is 11.1. The number of hydrogen-bond acceptors (Lipinski definition) is 6. The van der Waals surface area contributed by atoms with Crippen molar-refractivity contribution in [3.8, 4) is 22.3 Å². The van der Waals surface area contributed by atoms with Gasteiger partial charge in [0.25, 0.3) is 5.56 Å². The van der Waals surface area contributed by atoms with E-state index in [1.54, 1.807) is 10.8 Å². The van der Waals surface area contributed by atoms with Gasteiger partial charge in [-0.25, -0.2) is 4.98 Å². The normalized spacial score (nSPS) is 14.0. The molecule has 0 amide bonds. The summed E-state index contributed by atoms with van der Waals surface area (Å²) in [6.07, 6.45) is 1.79. The molecule has 0 saturated carbocycles.